The van der Waals surface area contributed by atoms with Crippen molar-refractivity contribution in [2.45, 2.75) is 73.7 Å². The molecule has 4 aromatic carbocycles. The molecule has 0 spiro atoms. The van der Waals surface area contributed by atoms with Crippen LogP contribution < -0.4 is 26.2 Å². The molecule has 0 aliphatic heterocycles. The number of hydrogen-bond donors (Lipinski definition) is 5. The third-order valence-electron chi connectivity index (χ3n) is 11.3. The first kappa shape index (κ1) is 36.5. The van der Waals surface area contributed by atoms with Gasteiger partial charge in [0, 0.05) is 24.5 Å². The van der Waals surface area contributed by atoms with Crippen LogP contribution in [0, 0.1) is 5.92 Å². The van der Waals surface area contributed by atoms with Crippen LogP contribution >= 0.6 is 0 Å². The smallest absolute Gasteiger partial charge is 0.316 e. The summed E-state index contributed by atoms with van der Waals surface area (Å²) in [6, 6.07) is 17.1. The molecule has 0 radical (unpaired) electrons. The van der Waals surface area contributed by atoms with E-state index in [2.05, 4.69) is 36.8 Å². The fraction of sp³-hybridized carbons (Fsp3) is 0.350. The highest BCUT2D eigenvalue weighted by Crippen LogP contribution is 2.53. The van der Waals surface area contributed by atoms with Gasteiger partial charge < -0.3 is 20.9 Å². The quantitative estimate of drug-likeness (QED) is 0.148. The molecule has 4 aromatic rings. The van der Waals surface area contributed by atoms with Crippen LogP contribution in [0.5, 0.6) is 0 Å². The Balaban J connectivity index is 0.999. The van der Waals surface area contributed by atoms with E-state index in [9.17, 15) is 18.0 Å². The maximum Gasteiger partial charge on any atom is 0.354 e. The van der Waals surface area contributed by atoms with E-state index in [1.807, 2.05) is 50.3 Å². The first-order valence-electron chi connectivity index (χ1n) is 18.3. The second kappa shape index (κ2) is 14.0. The van der Waals surface area contributed by atoms with E-state index in [0.29, 0.717) is 22.3 Å². The highest BCUT2D eigenvalue weighted by molar-refractivity contribution is 7.92. The molecule has 4 amide bonds. The molecule has 8 rings (SSSR count). The van der Waals surface area contributed by atoms with E-state index in [1.54, 1.807) is 24.3 Å². The van der Waals surface area contributed by atoms with Gasteiger partial charge in [0.05, 0.1) is 9.79 Å². The van der Waals surface area contributed by atoms with Crippen molar-refractivity contribution >= 4 is 43.3 Å². The van der Waals surface area contributed by atoms with Gasteiger partial charge >= 0.3 is 12.1 Å². The summed E-state index contributed by atoms with van der Waals surface area (Å²) < 4.78 is 34.7. The molecule has 14 heteroatoms. The van der Waals surface area contributed by atoms with Crippen molar-refractivity contribution in [1.29, 1.82) is 0 Å². The molecule has 4 aliphatic rings. The summed E-state index contributed by atoms with van der Waals surface area (Å²) in [6.45, 7) is 1.38. The number of urea groups is 2. The summed E-state index contributed by atoms with van der Waals surface area (Å²) >= 11 is 0. The Morgan fingerprint density at radius 3 is 1.76 bits per heavy atom. The molecule has 4 atom stereocenters. The van der Waals surface area contributed by atoms with Gasteiger partial charge in [-0.3, -0.25) is 0 Å². The summed E-state index contributed by atoms with van der Waals surface area (Å²) in [4.78, 5) is 29.2. The average molecular weight is 767 g/mol. The number of benzene rings is 4. The molecular formula is C40H46N8O4S2. The van der Waals surface area contributed by atoms with E-state index in [4.69, 9.17) is 10.3 Å². The van der Waals surface area contributed by atoms with Gasteiger partial charge in [-0.25, -0.2) is 28.3 Å². The summed E-state index contributed by atoms with van der Waals surface area (Å²) in [6.07, 6.45) is 6.05. The van der Waals surface area contributed by atoms with Crippen LogP contribution in [0.25, 0.3) is 0 Å². The van der Waals surface area contributed by atoms with Gasteiger partial charge in [0.1, 0.15) is 19.8 Å². The van der Waals surface area contributed by atoms with Crippen LogP contribution in [-0.4, -0.2) is 46.5 Å². The summed E-state index contributed by atoms with van der Waals surface area (Å²) in [5, 5.41) is 21.3. The Bertz CT molecular complexity index is 2460. The van der Waals surface area contributed by atoms with Gasteiger partial charge in [-0.1, -0.05) is 36.4 Å². The number of fused-ring (bicyclic) bond motifs is 4. The second-order valence-electron chi connectivity index (χ2n) is 15.2. The molecule has 0 heterocycles. The number of amides is 4. The lowest BCUT2D eigenvalue weighted by Crippen LogP contribution is -2.31. The van der Waals surface area contributed by atoms with Crippen molar-refractivity contribution in [2.24, 2.45) is 24.9 Å². The summed E-state index contributed by atoms with van der Waals surface area (Å²) in [7, 11) is -1.10. The zero-order chi connectivity index (χ0) is 37.9. The van der Waals surface area contributed by atoms with Gasteiger partial charge in [-0.15, -0.1) is 8.73 Å². The minimum atomic E-state index is -3.45. The lowest BCUT2D eigenvalue weighted by Gasteiger charge is -2.40. The summed E-state index contributed by atoms with van der Waals surface area (Å²) in [5.74, 6) is 0.584. The van der Waals surface area contributed by atoms with Gasteiger partial charge in [-0.2, -0.15) is 0 Å². The predicted molar refractivity (Wildman–Crippen MR) is 212 cm³/mol. The van der Waals surface area contributed by atoms with Crippen molar-refractivity contribution < 1.29 is 18.0 Å². The predicted octanol–water partition coefficient (Wildman–Crippen LogP) is 5.58. The average Bonchev–Trinajstić information content (AvgIpc) is 3.48. The van der Waals surface area contributed by atoms with E-state index in [1.165, 1.54) is 22.3 Å². The number of nitrogens with two attached hydrogens (primary N) is 2. The largest absolute Gasteiger partial charge is 0.354 e. The van der Waals surface area contributed by atoms with Gasteiger partial charge in [-0.05, 0) is 158 Å². The number of anilines is 2. The topological polar surface area (TPSA) is 184 Å². The van der Waals surface area contributed by atoms with Crippen LogP contribution in [-0.2, 0) is 77.9 Å². The monoisotopic (exact) mass is 766 g/mol. The minimum absolute atomic E-state index is 0.278. The maximum atomic E-state index is 13.4. The minimum Gasteiger partial charge on any atom is -0.316 e. The number of carbonyl (C=O) groups excluding carboxylic acids is 2. The molecule has 54 heavy (non-hydrogen) atoms. The molecule has 0 bridgehead atoms. The molecule has 0 saturated heterocycles. The Kier molecular flexibility index (Phi) is 9.47. The van der Waals surface area contributed by atoms with E-state index < -0.39 is 31.9 Å². The number of carbonyl (C=O) groups is 2. The number of aryl methyl sites for hydroxylation is 2. The lowest BCUT2D eigenvalue weighted by molar-refractivity contribution is 0.259. The highest BCUT2D eigenvalue weighted by Gasteiger charge is 2.42. The molecule has 4 aliphatic carbocycles. The van der Waals surface area contributed by atoms with Crippen molar-refractivity contribution in [3.63, 3.8) is 0 Å². The third-order valence-corrected chi connectivity index (χ3v) is 14.1. The van der Waals surface area contributed by atoms with Crippen molar-refractivity contribution in [3.05, 3.63) is 116 Å². The fourth-order valence-electron chi connectivity index (χ4n) is 8.48. The maximum absolute atomic E-state index is 13.4. The molecule has 3 unspecified atom stereocenters. The Morgan fingerprint density at radius 2 is 1.24 bits per heavy atom. The zero-order valence-electron chi connectivity index (χ0n) is 30.7. The van der Waals surface area contributed by atoms with Gasteiger partial charge in [0.25, 0.3) is 0 Å². The first-order chi connectivity index (χ1) is 25.8. The standard InChI is InChI=1S/C40H46N8O4S2/c1-43-21-23-4-10-29(11-5-23)53(41,51)46-39(49)44-37-31-14-8-25(31)16-27-17-28(19-34(27)37)33-20-36-35(33)18-26-9-15-32(26)38(36)45-40(50)47-54(42,52)30-12-6-24(7-13-30)22-48(2)3/h4-7,10-13,16,18,28,33,43H,8-9,14-15,17,19-22H2,1-3H3,(H3,41,44,46,49,51)(H3,42,45,47,50,52)/t28?,33?,53-,54?/m1/s1. The molecule has 0 saturated carbocycles. The highest BCUT2D eigenvalue weighted by atomic mass is 32.2. The van der Waals surface area contributed by atoms with Crippen LogP contribution in [0.2, 0.25) is 0 Å². The zero-order valence-corrected chi connectivity index (χ0v) is 32.4. The van der Waals surface area contributed by atoms with Crippen LogP contribution in [0.1, 0.15) is 61.6 Å². The number of nitrogens with one attached hydrogen (secondary N) is 3. The molecule has 0 aromatic heterocycles. The van der Waals surface area contributed by atoms with Gasteiger partial charge in [0.15, 0.2) is 0 Å². The second-order valence-corrected chi connectivity index (χ2v) is 18.8. The molecule has 12 nitrogen and oxygen atoms in total. The number of nitrogens with zero attached hydrogens (tertiary/aromatic N) is 3. The molecule has 282 valence electrons. The number of rotatable bonds is 9. The Morgan fingerprint density at radius 1 is 0.704 bits per heavy atom. The number of hydrogen-bond acceptors (Lipinski definition) is 6. The van der Waals surface area contributed by atoms with E-state index in [0.717, 1.165) is 96.2 Å². The Hall–Kier alpha value is -4.44. The normalized spacial score (nSPS) is 19.7. The van der Waals surface area contributed by atoms with Crippen molar-refractivity contribution in [1.82, 2.24) is 10.2 Å². The fourth-order valence-corrected chi connectivity index (χ4v) is 10.3. The molecular weight excluding hydrogens is 721 g/mol. The van der Waals surface area contributed by atoms with Gasteiger partial charge in [0.2, 0.25) is 0 Å². The molecule has 7 N–H and O–H groups in total. The summed E-state index contributed by atoms with van der Waals surface area (Å²) in [5.41, 5.74) is 12.9. The van der Waals surface area contributed by atoms with Crippen LogP contribution in [0.4, 0.5) is 21.0 Å². The lowest BCUT2D eigenvalue weighted by atomic mass is 9.65. The molecule has 0 fully saturated rings. The van der Waals surface area contributed by atoms with Crippen molar-refractivity contribution in [2.75, 3.05) is 31.8 Å². The Labute approximate surface area is 317 Å². The first-order valence-corrected chi connectivity index (χ1v) is 21.5. The van der Waals surface area contributed by atoms with E-state index >= 15 is 0 Å². The van der Waals surface area contributed by atoms with Crippen LogP contribution in [0.15, 0.2) is 79.2 Å². The third kappa shape index (κ3) is 6.86. The van der Waals surface area contributed by atoms with E-state index in [-0.39, 0.29) is 5.92 Å². The van der Waals surface area contributed by atoms with Crippen LogP contribution in [0.3, 0.4) is 0 Å². The SMILES string of the molecule is CNCc1ccc([S@](N)(=O)=NC(=O)Nc2c3c(cc4c2CC(C2Cc5c2cc2c(c5NC(=O)N=S(N)(=O)c5ccc(CN(C)C)cc5)CC2)C4)CC3)cc1. The van der Waals surface area contributed by atoms with Crippen molar-refractivity contribution in [3.8, 4) is 0 Å².